The summed E-state index contributed by atoms with van der Waals surface area (Å²) >= 11 is 0. The molecule has 0 heterocycles. The van der Waals surface area contributed by atoms with Gasteiger partial charge in [-0.15, -0.1) is 0 Å². The zero-order valence-electron chi connectivity index (χ0n) is 7.72. The van der Waals surface area contributed by atoms with Gasteiger partial charge in [-0.05, 0) is 29.9 Å². The Balaban J connectivity index is 2.09. The van der Waals surface area contributed by atoms with Crippen LogP contribution >= 0.6 is 0 Å². The Morgan fingerprint density at radius 1 is 1.29 bits per heavy atom. The Morgan fingerprint density at radius 2 is 1.93 bits per heavy atom. The molecule has 1 aliphatic rings. The van der Waals surface area contributed by atoms with Crippen LogP contribution in [0.2, 0.25) is 0 Å². The molecule has 1 fully saturated rings. The summed E-state index contributed by atoms with van der Waals surface area (Å²) in [6, 6.07) is 7.95. The van der Waals surface area contributed by atoms with Gasteiger partial charge in [0.25, 0.3) is 0 Å². The predicted octanol–water partition coefficient (Wildman–Crippen LogP) is 2.81. The molecule has 0 aliphatic heterocycles. The van der Waals surface area contributed by atoms with E-state index in [1.54, 1.807) is 0 Å². The van der Waals surface area contributed by atoms with E-state index in [0.717, 1.165) is 17.7 Å². The number of hydrogen-bond donors (Lipinski definition) is 0. The molecule has 0 atom stereocenters. The van der Waals surface area contributed by atoms with Crippen molar-refractivity contribution in [2.24, 2.45) is 0 Å². The van der Waals surface area contributed by atoms with Crippen LogP contribution in [0.1, 0.15) is 29.9 Å². The molecule has 1 saturated carbocycles. The van der Waals surface area contributed by atoms with Crippen LogP contribution < -0.4 is 0 Å². The molecule has 1 aromatic carbocycles. The summed E-state index contributed by atoms with van der Waals surface area (Å²) in [6.45, 7) is 0. The van der Waals surface area contributed by atoms with Crippen molar-refractivity contribution in [1.29, 1.82) is 0 Å². The number of benzene rings is 1. The van der Waals surface area contributed by atoms with E-state index >= 15 is 0 Å². The highest BCUT2D eigenvalue weighted by Crippen LogP contribution is 2.39. The van der Waals surface area contributed by atoms with Crippen LogP contribution in [0.4, 0.5) is 0 Å². The predicted molar refractivity (Wildman–Crippen MR) is 54.4 cm³/mol. The molecule has 14 heavy (non-hydrogen) atoms. The Morgan fingerprint density at radius 3 is 2.43 bits per heavy atom. The smallest absolute Gasteiger partial charge is 0.235 e. The van der Waals surface area contributed by atoms with Gasteiger partial charge in [0.1, 0.15) is 0 Å². The van der Waals surface area contributed by atoms with Crippen LogP contribution in [-0.4, -0.2) is 4.92 Å². The maximum absolute atomic E-state index is 10.1. The topological polar surface area (TPSA) is 43.1 Å². The van der Waals surface area contributed by atoms with Crippen molar-refractivity contribution >= 4 is 6.08 Å². The average molecular weight is 189 g/mol. The molecular formula is C11H11NO2. The molecule has 0 amide bonds. The van der Waals surface area contributed by atoms with Gasteiger partial charge in [-0.25, -0.2) is 0 Å². The third-order valence-electron chi connectivity index (χ3n) is 2.37. The van der Waals surface area contributed by atoms with E-state index in [2.05, 4.69) is 12.1 Å². The summed E-state index contributed by atoms with van der Waals surface area (Å²) in [5, 5.41) is 10.1. The van der Waals surface area contributed by atoms with Crippen molar-refractivity contribution in [3.63, 3.8) is 0 Å². The van der Waals surface area contributed by atoms with E-state index in [9.17, 15) is 10.1 Å². The van der Waals surface area contributed by atoms with Crippen LogP contribution in [0.25, 0.3) is 6.08 Å². The van der Waals surface area contributed by atoms with Crippen molar-refractivity contribution in [1.82, 2.24) is 0 Å². The summed E-state index contributed by atoms with van der Waals surface area (Å²) < 4.78 is 0. The van der Waals surface area contributed by atoms with Crippen LogP contribution in [-0.2, 0) is 0 Å². The molecule has 0 spiro atoms. The van der Waals surface area contributed by atoms with E-state index in [1.165, 1.54) is 24.5 Å². The van der Waals surface area contributed by atoms with Crippen LogP contribution in [0.15, 0.2) is 30.5 Å². The molecule has 2 rings (SSSR count). The van der Waals surface area contributed by atoms with Gasteiger partial charge in [0.05, 0.1) is 4.92 Å². The standard InChI is InChI=1S/C11H11NO2/c13-12(14)8-7-9-1-3-10(4-2-9)11-5-6-11/h1-4,7-8,11H,5-6H2/b8-7+. The Bertz CT molecular complexity index is 363. The molecule has 0 unspecified atom stereocenters. The van der Waals surface area contributed by atoms with Gasteiger partial charge in [-0.3, -0.25) is 10.1 Å². The summed E-state index contributed by atoms with van der Waals surface area (Å²) in [5.74, 6) is 0.739. The minimum atomic E-state index is -0.450. The summed E-state index contributed by atoms with van der Waals surface area (Å²) in [5.41, 5.74) is 2.23. The lowest BCUT2D eigenvalue weighted by atomic mass is 10.1. The van der Waals surface area contributed by atoms with E-state index in [4.69, 9.17) is 0 Å². The van der Waals surface area contributed by atoms with Crippen molar-refractivity contribution in [3.05, 3.63) is 51.7 Å². The first kappa shape index (κ1) is 8.94. The van der Waals surface area contributed by atoms with Gasteiger partial charge in [0.15, 0.2) is 0 Å². The highest BCUT2D eigenvalue weighted by Gasteiger charge is 2.22. The van der Waals surface area contributed by atoms with Crippen LogP contribution in [0.3, 0.4) is 0 Å². The minimum Gasteiger partial charge on any atom is -0.259 e. The largest absolute Gasteiger partial charge is 0.259 e. The first-order chi connectivity index (χ1) is 6.75. The molecule has 72 valence electrons. The Kier molecular flexibility index (Phi) is 2.31. The fraction of sp³-hybridized carbons (Fsp3) is 0.273. The fourth-order valence-corrected chi connectivity index (χ4v) is 1.44. The van der Waals surface area contributed by atoms with Gasteiger partial charge < -0.3 is 0 Å². The third-order valence-corrected chi connectivity index (χ3v) is 2.37. The first-order valence-electron chi connectivity index (χ1n) is 4.67. The summed E-state index contributed by atoms with van der Waals surface area (Å²) in [6.07, 6.45) is 5.04. The Hall–Kier alpha value is -1.64. The first-order valence-corrected chi connectivity index (χ1v) is 4.67. The zero-order valence-corrected chi connectivity index (χ0v) is 7.72. The van der Waals surface area contributed by atoms with Gasteiger partial charge in [0, 0.05) is 6.08 Å². The van der Waals surface area contributed by atoms with Crippen molar-refractivity contribution in [3.8, 4) is 0 Å². The molecular weight excluding hydrogens is 178 g/mol. The highest BCUT2D eigenvalue weighted by atomic mass is 16.6. The van der Waals surface area contributed by atoms with Crippen LogP contribution in [0, 0.1) is 10.1 Å². The maximum atomic E-state index is 10.1. The molecule has 1 aliphatic carbocycles. The molecule has 0 radical (unpaired) electrons. The number of rotatable bonds is 3. The van der Waals surface area contributed by atoms with E-state index < -0.39 is 4.92 Å². The molecule has 1 aromatic rings. The van der Waals surface area contributed by atoms with Crippen LogP contribution in [0.5, 0.6) is 0 Å². The molecule has 3 nitrogen and oxygen atoms in total. The fourth-order valence-electron chi connectivity index (χ4n) is 1.44. The lowest BCUT2D eigenvalue weighted by molar-refractivity contribution is -0.400. The van der Waals surface area contributed by atoms with Crippen molar-refractivity contribution in [2.75, 3.05) is 0 Å². The van der Waals surface area contributed by atoms with Gasteiger partial charge in [-0.1, -0.05) is 24.3 Å². The van der Waals surface area contributed by atoms with Gasteiger partial charge >= 0.3 is 0 Å². The summed E-state index contributed by atoms with van der Waals surface area (Å²) in [7, 11) is 0. The maximum Gasteiger partial charge on any atom is 0.235 e. The monoisotopic (exact) mass is 189 g/mol. The Labute approximate surface area is 82.2 Å². The normalized spacial score (nSPS) is 16.0. The molecule has 0 bridgehead atoms. The van der Waals surface area contributed by atoms with Crippen molar-refractivity contribution in [2.45, 2.75) is 18.8 Å². The second-order valence-corrected chi connectivity index (χ2v) is 3.54. The lowest BCUT2D eigenvalue weighted by Crippen LogP contribution is -1.83. The molecule has 0 N–H and O–H groups in total. The van der Waals surface area contributed by atoms with Crippen molar-refractivity contribution < 1.29 is 4.92 Å². The van der Waals surface area contributed by atoms with E-state index in [1.807, 2.05) is 12.1 Å². The second-order valence-electron chi connectivity index (χ2n) is 3.54. The molecule has 0 saturated heterocycles. The second kappa shape index (κ2) is 3.62. The highest BCUT2D eigenvalue weighted by molar-refractivity contribution is 5.49. The number of hydrogen-bond acceptors (Lipinski definition) is 2. The van der Waals surface area contributed by atoms with E-state index in [-0.39, 0.29) is 0 Å². The minimum absolute atomic E-state index is 0.450. The molecule has 0 aromatic heterocycles. The third kappa shape index (κ3) is 2.19. The van der Waals surface area contributed by atoms with Gasteiger partial charge in [-0.2, -0.15) is 0 Å². The quantitative estimate of drug-likeness (QED) is 0.542. The number of nitrogens with zero attached hydrogens (tertiary/aromatic N) is 1. The number of nitro groups is 1. The summed E-state index contributed by atoms with van der Waals surface area (Å²) in [4.78, 5) is 9.63. The average Bonchev–Trinajstić information content (AvgIpc) is 2.99. The molecule has 3 heteroatoms. The zero-order chi connectivity index (χ0) is 9.97. The van der Waals surface area contributed by atoms with Gasteiger partial charge in [0.2, 0.25) is 6.20 Å². The SMILES string of the molecule is O=[N+]([O-])/C=C/c1ccc(C2CC2)cc1. The van der Waals surface area contributed by atoms with E-state index in [0.29, 0.717) is 0 Å². The lowest BCUT2D eigenvalue weighted by Gasteiger charge is -1.97.